The Balaban J connectivity index is 0.000000171. The molecule has 4 heterocycles. The Morgan fingerprint density at radius 2 is 1.17 bits per heavy atom. The van der Waals surface area contributed by atoms with Crippen LogP contribution in [0.1, 0.15) is 37.1 Å². The molecule has 0 amide bonds. The third-order valence-corrected chi connectivity index (χ3v) is 5.18. The second-order valence-corrected chi connectivity index (χ2v) is 6.97. The number of aromatic nitrogens is 4. The highest BCUT2D eigenvalue weighted by molar-refractivity contribution is 5.81. The van der Waals surface area contributed by atoms with Crippen LogP contribution >= 0.6 is 0 Å². The molecule has 0 radical (unpaired) electrons. The first-order chi connectivity index (χ1) is 14.5. The molecule has 30 heavy (non-hydrogen) atoms. The van der Waals surface area contributed by atoms with Gasteiger partial charge >= 0.3 is 0 Å². The SMILES string of the molecule is CNC(C)c1c[nH]c(=O)c2ncccc12.CNC(C)c1c[nH]c(=O)c2ncccc12. The third kappa shape index (κ3) is 4.29. The van der Waals surface area contributed by atoms with Crippen LogP contribution < -0.4 is 21.8 Å². The van der Waals surface area contributed by atoms with Crippen molar-refractivity contribution in [2.45, 2.75) is 25.9 Å². The van der Waals surface area contributed by atoms with E-state index in [0.717, 1.165) is 21.9 Å². The smallest absolute Gasteiger partial charge is 0.274 e. The van der Waals surface area contributed by atoms with Crippen LogP contribution in [-0.2, 0) is 0 Å². The van der Waals surface area contributed by atoms with Gasteiger partial charge in [0, 0.05) is 47.6 Å². The second kappa shape index (κ2) is 9.43. The zero-order valence-corrected chi connectivity index (χ0v) is 17.5. The second-order valence-electron chi connectivity index (χ2n) is 6.97. The number of pyridine rings is 4. The lowest BCUT2D eigenvalue weighted by Crippen LogP contribution is -2.16. The van der Waals surface area contributed by atoms with Crippen molar-refractivity contribution < 1.29 is 0 Å². The van der Waals surface area contributed by atoms with Crippen LogP contribution in [0.4, 0.5) is 0 Å². The summed E-state index contributed by atoms with van der Waals surface area (Å²) in [6, 6.07) is 7.89. The van der Waals surface area contributed by atoms with Crippen molar-refractivity contribution in [1.82, 2.24) is 30.6 Å². The quantitative estimate of drug-likeness (QED) is 0.414. The summed E-state index contributed by atoms with van der Waals surface area (Å²) in [5, 5.41) is 8.10. The molecule has 4 N–H and O–H groups in total. The molecule has 0 aromatic carbocycles. The number of aromatic amines is 2. The van der Waals surface area contributed by atoms with Crippen LogP contribution in [-0.4, -0.2) is 34.0 Å². The molecular formula is C22H26N6O2. The molecule has 8 nitrogen and oxygen atoms in total. The first kappa shape index (κ1) is 21.4. The molecule has 0 aliphatic heterocycles. The standard InChI is InChI=1S/2C11H13N3O/c2*1-7(12-2)9-6-14-11(15)10-8(9)4-3-5-13-10/h2*3-7,12H,1-2H3,(H,14,15). The summed E-state index contributed by atoms with van der Waals surface area (Å²) in [6.45, 7) is 4.08. The van der Waals surface area contributed by atoms with E-state index in [1.165, 1.54) is 0 Å². The van der Waals surface area contributed by atoms with Gasteiger partial charge in [0.2, 0.25) is 0 Å². The highest BCUT2D eigenvalue weighted by Crippen LogP contribution is 2.19. The largest absolute Gasteiger partial charge is 0.327 e. The van der Waals surface area contributed by atoms with Gasteiger partial charge in [-0.2, -0.15) is 0 Å². The van der Waals surface area contributed by atoms with Gasteiger partial charge in [0.1, 0.15) is 11.0 Å². The summed E-state index contributed by atoms with van der Waals surface area (Å²) >= 11 is 0. The van der Waals surface area contributed by atoms with Crippen LogP contribution in [0.5, 0.6) is 0 Å². The number of fused-ring (bicyclic) bond motifs is 2. The van der Waals surface area contributed by atoms with Crippen LogP contribution in [0.2, 0.25) is 0 Å². The van der Waals surface area contributed by atoms with Gasteiger partial charge in [0.15, 0.2) is 0 Å². The van der Waals surface area contributed by atoms with E-state index in [1.54, 1.807) is 24.8 Å². The fourth-order valence-corrected chi connectivity index (χ4v) is 3.24. The molecule has 156 valence electrons. The van der Waals surface area contributed by atoms with Gasteiger partial charge in [-0.1, -0.05) is 12.1 Å². The molecule has 4 aromatic rings. The van der Waals surface area contributed by atoms with Gasteiger partial charge in [-0.3, -0.25) is 19.6 Å². The Hall–Kier alpha value is -3.36. The average Bonchev–Trinajstić information content (AvgIpc) is 2.79. The molecule has 0 saturated heterocycles. The molecule has 0 fully saturated rings. The van der Waals surface area contributed by atoms with E-state index in [1.807, 2.05) is 52.2 Å². The lowest BCUT2D eigenvalue weighted by Gasteiger charge is -2.12. The molecular weight excluding hydrogens is 380 g/mol. The summed E-state index contributed by atoms with van der Waals surface area (Å²) in [7, 11) is 3.77. The Morgan fingerprint density at radius 3 is 1.53 bits per heavy atom. The Bertz CT molecular complexity index is 1160. The summed E-state index contributed by atoms with van der Waals surface area (Å²) < 4.78 is 0. The maximum atomic E-state index is 11.5. The van der Waals surface area contributed by atoms with E-state index in [0.29, 0.717) is 11.0 Å². The van der Waals surface area contributed by atoms with Crippen molar-refractivity contribution in [3.8, 4) is 0 Å². The summed E-state index contributed by atoms with van der Waals surface area (Å²) in [6.07, 6.45) is 6.75. The minimum Gasteiger partial charge on any atom is -0.327 e. The molecule has 0 spiro atoms. The van der Waals surface area contributed by atoms with E-state index >= 15 is 0 Å². The van der Waals surface area contributed by atoms with E-state index < -0.39 is 0 Å². The molecule has 0 aliphatic rings. The van der Waals surface area contributed by atoms with Crippen molar-refractivity contribution in [2.75, 3.05) is 14.1 Å². The highest BCUT2D eigenvalue weighted by Gasteiger charge is 2.10. The summed E-state index contributed by atoms with van der Waals surface area (Å²) in [5.74, 6) is 0. The maximum absolute atomic E-state index is 11.5. The molecule has 2 unspecified atom stereocenters. The Morgan fingerprint density at radius 1 is 0.767 bits per heavy atom. The fraction of sp³-hybridized carbons (Fsp3) is 0.273. The third-order valence-electron chi connectivity index (χ3n) is 5.18. The zero-order chi connectivity index (χ0) is 21.7. The predicted molar refractivity (Wildman–Crippen MR) is 120 cm³/mol. The molecule has 0 bridgehead atoms. The zero-order valence-electron chi connectivity index (χ0n) is 17.5. The van der Waals surface area contributed by atoms with Crippen LogP contribution in [0.25, 0.3) is 21.8 Å². The summed E-state index contributed by atoms with van der Waals surface area (Å²) in [5.41, 5.74) is 2.82. The fourth-order valence-electron chi connectivity index (χ4n) is 3.24. The minimum atomic E-state index is -0.141. The van der Waals surface area contributed by atoms with Gasteiger partial charge in [-0.25, -0.2) is 0 Å². The van der Waals surface area contributed by atoms with Crippen molar-refractivity contribution in [2.24, 2.45) is 0 Å². The van der Waals surface area contributed by atoms with E-state index in [2.05, 4.69) is 30.6 Å². The first-order valence-electron chi connectivity index (χ1n) is 9.75. The number of H-pyrrole nitrogens is 2. The Kier molecular flexibility index (Phi) is 6.71. The average molecular weight is 406 g/mol. The number of hydrogen-bond donors (Lipinski definition) is 4. The molecule has 4 aromatic heterocycles. The number of nitrogens with one attached hydrogen (secondary N) is 4. The molecule has 8 heteroatoms. The van der Waals surface area contributed by atoms with Crippen molar-refractivity contribution in [3.63, 3.8) is 0 Å². The van der Waals surface area contributed by atoms with E-state index in [4.69, 9.17) is 0 Å². The van der Waals surface area contributed by atoms with Gasteiger partial charge in [0.05, 0.1) is 0 Å². The van der Waals surface area contributed by atoms with Crippen LogP contribution in [0.3, 0.4) is 0 Å². The van der Waals surface area contributed by atoms with Crippen molar-refractivity contribution in [3.05, 3.63) is 80.9 Å². The highest BCUT2D eigenvalue weighted by atomic mass is 16.1. The number of hydrogen-bond acceptors (Lipinski definition) is 6. The molecule has 0 aliphatic carbocycles. The van der Waals surface area contributed by atoms with E-state index in [-0.39, 0.29) is 23.2 Å². The van der Waals surface area contributed by atoms with Gasteiger partial charge in [-0.15, -0.1) is 0 Å². The maximum Gasteiger partial charge on any atom is 0.274 e. The van der Waals surface area contributed by atoms with Crippen molar-refractivity contribution in [1.29, 1.82) is 0 Å². The van der Waals surface area contributed by atoms with Gasteiger partial charge in [-0.05, 0) is 51.2 Å². The molecule has 0 saturated carbocycles. The number of nitrogens with zero attached hydrogens (tertiary/aromatic N) is 2. The van der Waals surface area contributed by atoms with Gasteiger partial charge < -0.3 is 20.6 Å². The van der Waals surface area contributed by atoms with Crippen LogP contribution in [0.15, 0.2) is 58.6 Å². The molecule has 4 rings (SSSR count). The monoisotopic (exact) mass is 406 g/mol. The van der Waals surface area contributed by atoms with E-state index in [9.17, 15) is 9.59 Å². The number of rotatable bonds is 4. The Labute approximate surface area is 173 Å². The predicted octanol–water partition coefficient (Wildman–Crippen LogP) is 2.41. The topological polar surface area (TPSA) is 116 Å². The minimum absolute atomic E-state index is 0.141. The normalized spacial score (nSPS) is 12.9. The van der Waals surface area contributed by atoms with Crippen molar-refractivity contribution >= 4 is 21.8 Å². The lowest BCUT2D eigenvalue weighted by atomic mass is 10.1. The lowest BCUT2D eigenvalue weighted by molar-refractivity contribution is 0.654. The van der Waals surface area contributed by atoms with Gasteiger partial charge in [0.25, 0.3) is 11.1 Å². The molecule has 2 atom stereocenters. The first-order valence-corrected chi connectivity index (χ1v) is 9.75. The van der Waals surface area contributed by atoms with Crippen LogP contribution in [0, 0.1) is 0 Å². The summed E-state index contributed by atoms with van der Waals surface area (Å²) in [4.78, 5) is 36.6.